The van der Waals surface area contributed by atoms with E-state index in [2.05, 4.69) is 47.2 Å². The van der Waals surface area contributed by atoms with E-state index in [1.165, 1.54) is 11.1 Å². The van der Waals surface area contributed by atoms with Gasteiger partial charge < -0.3 is 5.32 Å². The van der Waals surface area contributed by atoms with E-state index in [1.807, 2.05) is 18.2 Å². The van der Waals surface area contributed by atoms with Crippen LogP contribution in [0.2, 0.25) is 10.0 Å². The summed E-state index contributed by atoms with van der Waals surface area (Å²) in [6, 6.07) is 12.1. The number of anilines is 1. The van der Waals surface area contributed by atoms with Crippen LogP contribution in [0.4, 0.5) is 5.69 Å². The van der Waals surface area contributed by atoms with Gasteiger partial charge >= 0.3 is 0 Å². The molecule has 156 valence electrons. The van der Waals surface area contributed by atoms with Crippen molar-refractivity contribution in [1.29, 1.82) is 0 Å². The van der Waals surface area contributed by atoms with Gasteiger partial charge in [0.05, 0.1) is 16.6 Å². The van der Waals surface area contributed by atoms with Crippen LogP contribution < -0.4 is 5.32 Å². The van der Waals surface area contributed by atoms with Gasteiger partial charge in [0.15, 0.2) is 0 Å². The zero-order valence-corrected chi connectivity index (χ0v) is 18.7. The van der Waals surface area contributed by atoms with Gasteiger partial charge in [0, 0.05) is 38.4 Å². The molecule has 0 atom stereocenters. The van der Waals surface area contributed by atoms with Crippen LogP contribution in [-0.2, 0) is 24.2 Å². The monoisotopic (exact) mass is 433 g/mol. The molecule has 2 aromatic rings. The minimum atomic E-state index is 0.0681. The number of aryl methyl sites for hydroxylation is 2. The zero-order valence-electron chi connectivity index (χ0n) is 17.2. The molecule has 1 saturated heterocycles. The van der Waals surface area contributed by atoms with E-state index in [-0.39, 0.29) is 5.91 Å². The number of piperazine rings is 1. The number of hydrogen-bond acceptors (Lipinski definition) is 3. The van der Waals surface area contributed by atoms with Crippen molar-refractivity contribution in [1.82, 2.24) is 9.80 Å². The van der Waals surface area contributed by atoms with Gasteiger partial charge in [0.2, 0.25) is 5.91 Å². The molecule has 1 fully saturated rings. The Balaban J connectivity index is 1.50. The van der Waals surface area contributed by atoms with E-state index >= 15 is 0 Å². The highest BCUT2D eigenvalue weighted by atomic mass is 35.5. The molecule has 0 unspecified atom stereocenters. The molecule has 0 saturated carbocycles. The summed E-state index contributed by atoms with van der Waals surface area (Å²) >= 11 is 12.1. The van der Waals surface area contributed by atoms with Gasteiger partial charge in [-0.15, -0.1) is 0 Å². The fourth-order valence-electron chi connectivity index (χ4n) is 3.79. The molecule has 4 nitrogen and oxygen atoms in total. The number of carbonyl (C=O) groups is 1. The first-order chi connectivity index (χ1) is 14.0. The van der Waals surface area contributed by atoms with Crippen molar-refractivity contribution in [2.45, 2.75) is 33.2 Å². The molecule has 1 aliphatic rings. The molecule has 0 spiro atoms. The van der Waals surface area contributed by atoms with Crippen LogP contribution in [0.1, 0.15) is 30.5 Å². The largest absolute Gasteiger partial charge is 0.324 e. The van der Waals surface area contributed by atoms with Crippen LogP contribution in [0, 0.1) is 0 Å². The number of amides is 1. The third-order valence-electron chi connectivity index (χ3n) is 5.49. The van der Waals surface area contributed by atoms with E-state index in [4.69, 9.17) is 23.2 Å². The maximum Gasteiger partial charge on any atom is 0.238 e. The molecule has 1 amide bonds. The second kappa shape index (κ2) is 10.4. The molecule has 0 aromatic heterocycles. The first kappa shape index (κ1) is 22.1. The average Bonchev–Trinajstić information content (AvgIpc) is 2.72. The summed E-state index contributed by atoms with van der Waals surface area (Å²) in [6.45, 7) is 9.14. The topological polar surface area (TPSA) is 35.6 Å². The minimum Gasteiger partial charge on any atom is -0.324 e. The second-order valence-corrected chi connectivity index (χ2v) is 8.32. The third-order valence-corrected chi connectivity index (χ3v) is 6.22. The number of para-hydroxylation sites is 1. The van der Waals surface area contributed by atoms with Gasteiger partial charge in [0.1, 0.15) is 0 Å². The molecule has 1 heterocycles. The summed E-state index contributed by atoms with van der Waals surface area (Å²) in [5.74, 6) is 0.0681. The van der Waals surface area contributed by atoms with E-state index in [9.17, 15) is 4.79 Å². The molecular formula is C23H29Cl2N3O. The molecule has 0 aliphatic carbocycles. The van der Waals surface area contributed by atoms with Crippen LogP contribution in [-0.4, -0.2) is 48.4 Å². The Labute approximate surface area is 183 Å². The highest BCUT2D eigenvalue weighted by Crippen LogP contribution is 2.24. The Bertz CT molecular complexity index is 826. The Morgan fingerprint density at radius 2 is 1.55 bits per heavy atom. The molecule has 2 aromatic carbocycles. The van der Waals surface area contributed by atoms with Crippen LogP contribution in [0.15, 0.2) is 36.4 Å². The van der Waals surface area contributed by atoms with Gasteiger partial charge in [-0.2, -0.15) is 0 Å². The van der Waals surface area contributed by atoms with Gasteiger partial charge in [-0.25, -0.2) is 0 Å². The first-order valence-electron chi connectivity index (χ1n) is 10.3. The van der Waals surface area contributed by atoms with Crippen molar-refractivity contribution in [3.8, 4) is 0 Å². The fraction of sp³-hybridized carbons (Fsp3) is 0.435. The average molecular weight is 434 g/mol. The van der Waals surface area contributed by atoms with Crippen LogP contribution in [0.5, 0.6) is 0 Å². The standard InChI is InChI=1S/C23H29Cl2N3O/c1-3-18-6-5-7-19(4-2)23(18)26-22(29)16-28-12-10-27(11-13-28)15-17-8-9-20(24)21(25)14-17/h5-9,14H,3-4,10-13,15-16H2,1-2H3,(H,26,29). The van der Waals surface area contributed by atoms with Gasteiger partial charge in [-0.3, -0.25) is 14.6 Å². The Morgan fingerprint density at radius 1 is 0.931 bits per heavy atom. The smallest absolute Gasteiger partial charge is 0.238 e. The summed E-state index contributed by atoms with van der Waals surface area (Å²) in [4.78, 5) is 17.3. The summed E-state index contributed by atoms with van der Waals surface area (Å²) in [5, 5.41) is 4.35. The van der Waals surface area contributed by atoms with Crippen molar-refractivity contribution in [2.24, 2.45) is 0 Å². The molecule has 0 bridgehead atoms. The molecule has 0 radical (unpaired) electrons. The van der Waals surface area contributed by atoms with Gasteiger partial charge in [-0.1, -0.05) is 61.3 Å². The molecule has 3 rings (SSSR count). The maximum atomic E-state index is 12.7. The molecule has 29 heavy (non-hydrogen) atoms. The van der Waals surface area contributed by atoms with E-state index < -0.39 is 0 Å². The molecule has 6 heteroatoms. The summed E-state index contributed by atoms with van der Waals surface area (Å²) in [7, 11) is 0. The lowest BCUT2D eigenvalue weighted by atomic mass is 10.0. The van der Waals surface area contributed by atoms with Crippen molar-refractivity contribution >= 4 is 34.8 Å². The lowest BCUT2D eigenvalue weighted by Crippen LogP contribution is -2.48. The van der Waals surface area contributed by atoms with E-state index in [0.717, 1.165) is 56.8 Å². The van der Waals surface area contributed by atoms with E-state index in [0.29, 0.717) is 16.6 Å². The van der Waals surface area contributed by atoms with Crippen LogP contribution >= 0.6 is 23.2 Å². The van der Waals surface area contributed by atoms with Crippen molar-refractivity contribution in [2.75, 3.05) is 38.0 Å². The van der Waals surface area contributed by atoms with Crippen molar-refractivity contribution < 1.29 is 4.79 Å². The summed E-state index contributed by atoms with van der Waals surface area (Å²) in [5.41, 5.74) is 4.56. The number of nitrogens with zero attached hydrogens (tertiary/aromatic N) is 2. The zero-order chi connectivity index (χ0) is 20.8. The number of benzene rings is 2. The molecule has 1 N–H and O–H groups in total. The maximum absolute atomic E-state index is 12.7. The Hall–Kier alpha value is -1.59. The Kier molecular flexibility index (Phi) is 7.96. The highest BCUT2D eigenvalue weighted by molar-refractivity contribution is 6.42. The summed E-state index contributed by atoms with van der Waals surface area (Å²) in [6.07, 6.45) is 1.83. The lowest BCUT2D eigenvalue weighted by molar-refractivity contribution is -0.117. The number of nitrogens with one attached hydrogen (secondary N) is 1. The number of hydrogen-bond donors (Lipinski definition) is 1. The van der Waals surface area contributed by atoms with Gasteiger partial charge in [0.25, 0.3) is 0 Å². The quantitative estimate of drug-likeness (QED) is 0.675. The third kappa shape index (κ3) is 5.95. The SMILES string of the molecule is CCc1cccc(CC)c1NC(=O)CN1CCN(Cc2ccc(Cl)c(Cl)c2)CC1. The molecule has 1 aliphatic heterocycles. The lowest BCUT2D eigenvalue weighted by Gasteiger charge is -2.34. The van der Waals surface area contributed by atoms with Crippen molar-refractivity contribution in [3.05, 3.63) is 63.1 Å². The second-order valence-electron chi connectivity index (χ2n) is 7.51. The predicted octanol–water partition coefficient (Wildman–Crippen LogP) is 4.87. The molecular weight excluding hydrogens is 405 g/mol. The number of halogens is 2. The number of carbonyl (C=O) groups excluding carboxylic acids is 1. The fourth-order valence-corrected chi connectivity index (χ4v) is 4.11. The normalized spacial score (nSPS) is 15.4. The minimum absolute atomic E-state index is 0.0681. The van der Waals surface area contributed by atoms with Crippen LogP contribution in [0.25, 0.3) is 0 Å². The Morgan fingerprint density at radius 3 is 2.14 bits per heavy atom. The van der Waals surface area contributed by atoms with E-state index in [1.54, 1.807) is 0 Å². The number of rotatable bonds is 7. The highest BCUT2D eigenvalue weighted by Gasteiger charge is 2.20. The summed E-state index contributed by atoms with van der Waals surface area (Å²) < 4.78 is 0. The predicted molar refractivity (Wildman–Crippen MR) is 122 cm³/mol. The van der Waals surface area contributed by atoms with Gasteiger partial charge in [-0.05, 0) is 41.7 Å². The van der Waals surface area contributed by atoms with Crippen LogP contribution in [0.3, 0.4) is 0 Å². The van der Waals surface area contributed by atoms with Crippen molar-refractivity contribution in [3.63, 3.8) is 0 Å². The first-order valence-corrected chi connectivity index (χ1v) is 11.0.